The lowest BCUT2D eigenvalue weighted by atomic mass is 10.1. The van der Waals surface area contributed by atoms with E-state index in [1.807, 2.05) is 41.9 Å². The van der Waals surface area contributed by atoms with Gasteiger partial charge < -0.3 is 10.3 Å². The smallest absolute Gasteiger partial charge is 0.161 e. The van der Waals surface area contributed by atoms with E-state index in [1.54, 1.807) is 6.20 Å². The van der Waals surface area contributed by atoms with E-state index >= 15 is 0 Å². The number of anilines is 1. The van der Waals surface area contributed by atoms with Crippen LogP contribution in [0.4, 0.5) is 5.82 Å². The van der Waals surface area contributed by atoms with Crippen LogP contribution in [0.5, 0.6) is 0 Å². The first-order chi connectivity index (χ1) is 11.7. The normalized spacial score (nSPS) is 11.1. The van der Waals surface area contributed by atoms with E-state index in [-0.39, 0.29) is 0 Å². The summed E-state index contributed by atoms with van der Waals surface area (Å²) in [6.45, 7) is 4.65. The van der Waals surface area contributed by atoms with Crippen molar-refractivity contribution in [1.82, 2.24) is 24.6 Å². The molecule has 24 heavy (non-hydrogen) atoms. The number of hydrogen-bond donors (Lipinski definition) is 2. The molecule has 0 unspecified atom stereocenters. The number of H-pyrrole nitrogens is 1. The average Bonchev–Trinajstić information content (AvgIpc) is 3.23. The molecule has 1 aromatic carbocycles. The third kappa shape index (κ3) is 2.52. The van der Waals surface area contributed by atoms with Gasteiger partial charge in [0.1, 0.15) is 11.6 Å². The molecule has 0 fully saturated rings. The van der Waals surface area contributed by atoms with Gasteiger partial charge in [0.05, 0.1) is 17.9 Å². The summed E-state index contributed by atoms with van der Waals surface area (Å²) in [6.07, 6.45) is 3.56. The quantitative estimate of drug-likeness (QED) is 0.605. The molecule has 0 spiro atoms. The minimum atomic E-state index is 0.596. The molecule has 2 N–H and O–H groups in total. The van der Waals surface area contributed by atoms with Crippen LogP contribution in [0.15, 0.2) is 48.8 Å². The Morgan fingerprint density at radius 1 is 1.17 bits per heavy atom. The molecule has 0 aliphatic carbocycles. The first kappa shape index (κ1) is 14.4. The molecule has 0 radical (unpaired) electrons. The third-order valence-corrected chi connectivity index (χ3v) is 4.12. The highest BCUT2D eigenvalue weighted by Gasteiger charge is 2.13. The number of imidazole rings is 1. The highest BCUT2D eigenvalue weighted by molar-refractivity contribution is 5.68. The van der Waals surface area contributed by atoms with E-state index in [0.29, 0.717) is 6.54 Å². The maximum atomic E-state index is 4.81. The number of fused-ring (bicyclic) bond motifs is 1. The van der Waals surface area contributed by atoms with E-state index in [1.165, 1.54) is 0 Å². The van der Waals surface area contributed by atoms with Crippen molar-refractivity contribution < 1.29 is 0 Å². The van der Waals surface area contributed by atoms with Crippen molar-refractivity contribution in [1.29, 1.82) is 0 Å². The van der Waals surface area contributed by atoms with E-state index in [4.69, 9.17) is 4.98 Å². The van der Waals surface area contributed by atoms with Gasteiger partial charge in [-0.15, -0.1) is 0 Å². The van der Waals surface area contributed by atoms with Crippen molar-refractivity contribution in [2.24, 2.45) is 0 Å². The molecule has 0 atom stereocenters. The minimum Gasteiger partial charge on any atom is -0.363 e. The Morgan fingerprint density at radius 3 is 2.75 bits per heavy atom. The highest BCUT2D eigenvalue weighted by Crippen LogP contribution is 2.24. The molecule has 6 nitrogen and oxygen atoms in total. The van der Waals surface area contributed by atoms with Crippen LogP contribution in [0, 0.1) is 13.8 Å². The summed E-state index contributed by atoms with van der Waals surface area (Å²) in [4.78, 5) is 12.2. The second-order valence-electron chi connectivity index (χ2n) is 5.73. The van der Waals surface area contributed by atoms with Crippen molar-refractivity contribution in [3.05, 3.63) is 65.9 Å². The molecule has 120 valence electrons. The molecule has 0 saturated heterocycles. The maximum absolute atomic E-state index is 4.81. The van der Waals surface area contributed by atoms with Gasteiger partial charge in [0.2, 0.25) is 0 Å². The Bertz CT molecular complexity index is 970. The largest absolute Gasteiger partial charge is 0.363 e. The van der Waals surface area contributed by atoms with Gasteiger partial charge in [0.15, 0.2) is 5.65 Å². The summed E-state index contributed by atoms with van der Waals surface area (Å²) in [6, 6.07) is 12.2. The third-order valence-electron chi connectivity index (χ3n) is 4.12. The molecular weight excluding hydrogens is 300 g/mol. The van der Waals surface area contributed by atoms with Gasteiger partial charge >= 0.3 is 0 Å². The fourth-order valence-electron chi connectivity index (χ4n) is 2.68. The zero-order chi connectivity index (χ0) is 16.5. The lowest BCUT2D eigenvalue weighted by Gasteiger charge is -2.10. The Hall–Kier alpha value is -3.15. The summed E-state index contributed by atoms with van der Waals surface area (Å²) in [5.74, 6) is 1.77. The summed E-state index contributed by atoms with van der Waals surface area (Å²) in [5, 5.41) is 8.02. The molecule has 6 heteroatoms. The number of aryl methyl sites for hydroxylation is 2. The van der Waals surface area contributed by atoms with Crippen molar-refractivity contribution in [3.63, 3.8) is 0 Å². The Balaban J connectivity index is 1.82. The Labute approximate surface area is 139 Å². The molecule has 4 aromatic rings. The van der Waals surface area contributed by atoms with Gasteiger partial charge in [-0.05, 0) is 13.8 Å². The number of aromatic nitrogens is 5. The van der Waals surface area contributed by atoms with E-state index in [0.717, 1.165) is 39.8 Å². The standard InChI is InChI=1S/C18H18N6/c1-12-13(2)23-24-17(21-11-16-19-8-9-20-16)10-15(22-18(12)24)14-6-4-3-5-7-14/h3-10,21H,11H2,1-2H3,(H,19,20). The molecule has 0 amide bonds. The molecule has 0 aliphatic rings. The monoisotopic (exact) mass is 318 g/mol. The van der Waals surface area contributed by atoms with Crippen LogP contribution in [0.1, 0.15) is 17.1 Å². The zero-order valence-corrected chi connectivity index (χ0v) is 13.6. The minimum absolute atomic E-state index is 0.596. The number of benzene rings is 1. The molecule has 4 rings (SSSR count). The van der Waals surface area contributed by atoms with Crippen LogP contribution in [0.2, 0.25) is 0 Å². The van der Waals surface area contributed by atoms with Crippen molar-refractivity contribution in [2.75, 3.05) is 5.32 Å². The molecular formula is C18H18N6. The van der Waals surface area contributed by atoms with Crippen molar-refractivity contribution in [2.45, 2.75) is 20.4 Å². The summed E-state index contributed by atoms with van der Waals surface area (Å²) >= 11 is 0. The summed E-state index contributed by atoms with van der Waals surface area (Å²) < 4.78 is 1.86. The Kier molecular flexibility index (Phi) is 3.49. The number of aromatic amines is 1. The van der Waals surface area contributed by atoms with E-state index in [9.17, 15) is 0 Å². The second-order valence-corrected chi connectivity index (χ2v) is 5.73. The van der Waals surface area contributed by atoms with Gasteiger partial charge in [-0.1, -0.05) is 30.3 Å². The second kappa shape index (κ2) is 5.81. The first-order valence-electron chi connectivity index (χ1n) is 7.87. The van der Waals surface area contributed by atoms with Gasteiger partial charge in [0, 0.05) is 29.6 Å². The van der Waals surface area contributed by atoms with E-state index in [2.05, 4.69) is 39.4 Å². The van der Waals surface area contributed by atoms with Crippen LogP contribution in [0.25, 0.3) is 16.9 Å². The van der Waals surface area contributed by atoms with Crippen molar-refractivity contribution in [3.8, 4) is 11.3 Å². The van der Waals surface area contributed by atoms with Crippen LogP contribution >= 0.6 is 0 Å². The number of rotatable bonds is 4. The number of hydrogen-bond acceptors (Lipinski definition) is 4. The summed E-state index contributed by atoms with van der Waals surface area (Å²) in [5.41, 5.74) is 4.95. The highest BCUT2D eigenvalue weighted by atomic mass is 15.3. The van der Waals surface area contributed by atoms with Gasteiger partial charge in [-0.2, -0.15) is 9.61 Å². The Morgan fingerprint density at radius 2 is 2.00 bits per heavy atom. The van der Waals surface area contributed by atoms with Crippen LogP contribution < -0.4 is 5.32 Å². The first-order valence-corrected chi connectivity index (χ1v) is 7.87. The fraction of sp³-hybridized carbons (Fsp3) is 0.167. The number of nitrogens with one attached hydrogen (secondary N) is 2. The van der Waals surface area contributed by atoms with Crippen LogP contribution in [-0.4, -0.2) is 24.6 Å². The van der Waals surface area contributed by atoms with Gasteiger partial charge in [-0.25, -0.2) is 9.97 Å². The van der Waals surface area contributed by atoms with Crippen molar-refractivity contribution >= 4 is 11.5 Å². The van der Waals surface area contributed by atoms with Crippen LogP contribution in [0.3, 0.4) is 0 Å². The van der Waals surface area contributed by atoms with E-state index < -0.39 is 0 Å². The maximum Gasteiger partial charge on any atom is 0.161 e. The lowest BCUT2D eigenvalue weighted by Crippen LogP contribution is -2.07. The molecule has 0 bridgehead atoms. The predicted octanol–water partition coefficient (Wildman–Crippen LogP) is 3.35. The predicted molar refractivity (Wildman–Crippen MR) is 93.8 cm³/mol. The fourth-order valence-corrected chi connectivity index (χ4v) is 2.68. The summed E-state index contributed by atoms with van der Waals surface area (Å²) in [7, 11) is 0. The topological polar surface area (TPSA) is 70.9 Å². The number of nitrogens with zero attached hydrogens (tertiary/aromatic N) is 4. The average molecular weight is 318 g/mol. The molecule has 3 aromatic heterocycles. The molecule has 0 aliphatic heterocycles. The SMILES string of the molecule is Cc1nn2c(NCc3ncc[nH]3)cc(-c3ccccc3)nc2c1C. The zero-order valence-electron chi connectivity index (χ0n) is 13.6. The van der Waals surface area contributed by atoms with Crippen LogP contribution in [-0.2, 0) is 6.54 Å². The molecule has 0 saturated carbocycles. The lowest BCUT2D eigenvalue weighted by molar-refractivity contribution is 0.894. The van der Waals surface area contributed by atoms with Gasteiger partial charge in [0.25, 0.3) is 0 Å². The van der Waals surface area contributed by atoms with Gasteiger partial charge in [-0.3, -0.25) is 0 Å². The molecule has 3 heterocycles.